The minimum absolute atomic E-state index is 0.201. The van der Waals surface area contributed by atoms with Gasteiger partial charge in [0.15, 0.2) is 5.78 Å². The number of carbonyl (C=O) groups excluding carboxylic acids is 2. The molecule has 0 fully saturated rings. The summed E-state index contributed by atoms with van der Waals surface area (Å²) in [4.78, 5) is 26.3. The lowest BCUT2D eigenvalue weighted by molar-refractivity contribution is 0.100. The quantitative estimate of drug-likeness (QED) is 0.794. The maximum Gasteiger partial charge on any atom is 0.323 e. The maximum atomic E-state index is 12.7. The Labute approximate surface area is 148 Å². The summed E-state index contributed by atoms with van der Waals surface area (Å²) in [6.45, 7) is 0.332. The molecular formula is C18H16BrN3O2. The van der Waals surface area contributed by atoms with Crippen LogP contribution in [0.5, 0.6) is 0 Å². The van der Waals surface area contributed by atoms with E-state index in [2.05, 4.69) is 21.2 Å². The molecule has 1 aliphatic rings. The zero-order valence-corrected chi connectivity index (χ0v) is 14.4. The third-order valence-electron chi connectivity index (χ3n) is 3.83. The molecule has 24 heavy (non-hydrogen) atoms. The highest BCUT2D eigenvalue weighted by atomic mass is 79.9. The Morgan fingerprint density at radius 2 is 1.79 bits per heavy atom. The summed E-state index contributed by atoms with van der Waals surface area (Å²) in [5, 5.41) is 2.61. The molecule has 6 heteroatoms. The first-order valence-corrected chi connectivity index (χ1v) is 8.22. The molecule has 1 atom stereocenters. The summed E-state index contributed by atoms with van der Waals surface area (Å²) in [7, 11) is 0. The Morgan fingerprint density at radius 3 is 2.46 bits per heavy atom. The SMILES string of the molecule is NC1C(C(=O)c2ccc(Br)cc2)=CNC(=O)N1Cc1ccccc1. The van der Waals surface area contributed by atoms with Crippen molar-refractivity contribution in [3.05, 3.63) is 82.0 Å². The van der Waals surface area contributed by atoms with Gasteiger partial charge in [-0.3, -0.25) is 4.79 Å². The van der Waals surface area contributed by atoms with E-state index in [1.807, 2.05) is 30.3 Å². The molecule has 3 rings (SSSR count). The normalized spacial score (nSPS) is 17.2. The Morgan fingerprint density at radius 1 is 1.12 bits per heavy atom. The van der Waals surface area contributed by atoms with Crippen molar-refractivity contribution in [1.29, 1.82) is 0 Å². The minimum Gasteiger partial charge on any atom is -0.314 e. The molecule has 2 amide bonds. The average molecular weight is 386 g/mol. The minimum atomic E-state index is -0.796. The molecule has 0 radical (unpaired) electrons. The summed E-state index contributed by atoms with van der Waals surface area (Å²) in [5.41, 5.74) is 8.02. The predicted octanol–water partition coefficient (Wildman–Crippen LogP) is 3.03. The van der Waals surface area contributed by atoms with Gasteiger partial charge in [-0.15, -0.1) is 0 Å². The van der Waals surface area contributed by atoms with Crippen LogP contribution in [0.2, 0.25) is 0 Å². The van der Waals surface area contributed by atoms with Gasteiger partial charge in [-0.25, -0.2) is 4.79 Å². The van der Waals surface area contributed by atoms with Crippen molar-refractivity contribution in [2.75, 3.05) is 0 Å². The highest BCUT2D eigenvalue weighted by Crippen LogP contribution is 2.20. The van der Waals surface area contributed by atoms with Crippen molar-refractivity contribution in [2.24, 2.45) is 5.73 Å². The van der Waals surface area contributed by atoms with Gasteiger partial charge in [0.25, 0.3) is 0 Å². The van der Waals surface area contributed by atoms with Crippen molar-refractivity contribution >= 4 is 27.7 Å². The number of carbonyl (C=O) groups is 2. The fourth-order valence-electron chi connectivity index (χ4n) is 2.52. The molecule has 1 heterocycles. The van der Waals surface area contributed by atoms with Crippen molar-refractivity contribution in [3.63, 3.8) is 0 Å². The van der Waals surface area contributed by atoms with E-state index in [1.54, 1.807) is 24.3 Å². The second kappa shape index (κ2) is 6.98. The highest BCUT2D eigenvalue weighted by Gasteiger charge is 2.31. The van der Waals surface area contributed by atoms with E-state index in [4.69, 9.17) is 5.73 Å². The number of amides is 2. The third-order valence-corrected chi connectivity index (χ3v) is 4.36. The highest BCUT2D eigenvalue weighted by molar-refractivity contribution is 9.10. The first kappa shape index (κ1) is 16.4. The largest absolute Gasteiger partial charge is 0.323 e. The molecule has 0 saturated heterocycles. The molecule has 0 saturated carbocycles. The van der Waals surface area contributed by atoms with Crippen LogP contribution in [0.1, 0.15) is 15.9 Å². The summed E-state index contributed by atoms with van der Waals surface area (Å²) in [6, 6.07) is 16.2. The number of ketones is 1. The second-order valence-electron chi connectivity index (χ2n) is 5.44. The first-order valence-electron chi connectivity index (χ1n) is 7.43. The first-order chi connectivity index (χ1) is 11.6. The summed E-state index contributed by atoms with van der Waals surface area (Å²) >= 11 is 3.34. The zero-order valence-electron chi connectivity index (χ0n) is 12.8. The molecule has 5 nitrogen and oxygen atoms in total. The van der Waals surface area contributed by atoms with Crippen molar-refractivity contribution in [1.82, 2.24) is 10.2 Å². The van der Waals surface area contributed by atoms with E-state index >= 15 is 0 Å². The van der Waals surface area contributed by atoms with Gasteiger partial charge in [0.1, 0.15) is 6.17 Å². The molecule has 0 bridgehead atoms. The Hall–Kier alpha value is -2.44. The molecule has 1 aliphatic heterocycles. The predicted molar refractivity (Wildman–Crippen MR) is 95.0 cm³/mol. The molecule has 0 spiro atoms. The number of benzene rings is 2. The van der Waals surface area contributed by atoms with Crippen LogP contribution in [0.3, 0.4) is 0 Å². The Kier molecular flexibility index (Phi) is 4.78. The number of nitrogens with two attached hydrogens (primary N) is 1. The van der Waals surface area contributed by atoms with Crippen molar-refractivity contribution in [3.8, 4) is 0 Å². The number of urea groups is 1. The number of nitrogens with zero attached hydrogens (tertiary/aromatic N) is 1. The molecule has 3 N–H and O–H groups in total. The Bertz CT molecular complexity index is 788. The monoisotopic (exact) mass is 385 g/mol. The van der Waals surface area contributed by atoms with Crippen LogP contribution >= 0.6 is 15.9 Å². The van der Waals surface area contributed by atoms with Gasteiger partial charge in [-0.2, -0.15) is 0 Å². The molecule has 0 aromatic heterocycles. The third kappa shape index (κ3) is 3.39. The van der Waals surface area contributed by atoms with E-state index in [1.165, 1.54) is 11.1 Å². The number of halogens is 1. The van der Waals surface area contributed by atoms with Crippen molar-refractivity contribution < 1.29 is 9.59 Å². The molecule has 122 valence electrons. The van der Waals surface area contributed by atoms with Crippen LogP contribution in [0.4, 0.5) is 4.79 Å². The second-order valence-corrected chi connectivity index (χ2v) is 6.36. The fourth-order valence-corrected chi connectivity index (χ4v) is 2.78. The molecule has 2 aromatic rings. The smallest absolute Gasteiger partial charge is 0.314 e. The number of hydrogen-bond acceptors (Lipinski definition) is 3. The Balaban J connectivity index is 1.83. The van der Waals surface area contributed by atoms with Crippen LogP contribution in [0, 0.1) is 0 Å². The van der Waals surface area contributed by atoms with Gasteiger partial charge >= 0.3 is 6.03 Å². The number of rotatable bonds is 4. The standard InChI is InChI=1S/C18H16BrN3O2/c19-14-8-6-13(7-9-14)16(23)15-10-21-18(24)22(17(15)20)11-12-4-2-1-3-5-12/h1-10,17H,11,20H2,(H,21,24). The number of Topliss-reactive ketones (excluding diaryl/α,β-unsaturated/α-hetero) is 1. The average Bonchev–Trinajstić information content (AvgIpc) is 2.60. The fraction of sp³-hybridized carbons (Fsp3) is 0.111. The van der Waals surface area contributed by atoms with Crippen LogP contribution in [0.25, 0.3) is 0 Å². The van der Waals surface area contributed by atoms with Gasteiger partial charge in [0.2, 0.25) is 0 Å². The van der Waals surface area contributed by atoms with Crippen LogP contribution in [-0.4, -0.2) is 22.9 Å². The van der Waals surface area contributed by atoms with Crippen LogP contribution < -0.4 is 11.1 Å². The van der Waals surface area contributed by atoms with E-state index < -0.39 is 6.17 Å². The number of nitrogens with one attached hydrogen (secondary N) is 1. The molecular weight excluding hydrogens is 370 g/mol. The van der Waals surface area contributed by atoms with E-state index in [0.717, 1.165) is 10.0 Å². The topological polar surface area (TPSA) is 75.4 Å². The van der Waals surface area contributed by atoms with Crippen molar-refractivity contribution in [2.45, 2.75) is 12.7 Å². The van der Waals surface area contributed by atoms with Gasteiger partial charge in [-0.1, -0.05) is 46.3 Å². The lowest BCUT2D eigenvalue weighted by atomic mass is 10.00. The summed E-state index contributed by atoms with van der Waals surface area (Å²) in [5.74, 6) is -0.201. The van der Waals surface area contributed by atoms with Crippen LogP contribution in [-0.2, 0) is 6.54 Å². The van der Waals surface area contributed by atoms with Gasteiger partial charge in [-0.05, 0) is 29.8 Å². The molecule has 0 aliphatic carbocycles. The molecule has 1 unspecified atom stereocenters. The zero-order chi connectivity index (χ0) is 17.1. The van der Waals surface area contributed by atoms with Gasteiger partial charge in [0.05, 0.1) is 5.57 Å². The van der Waals surface area contributed by atoms with E-state index in [-0.39, 0.29) is 11.8 Å². The number of hydrogen-bond donors (Lipinski definition) is 2. The maximum absolute atomic E-state index is 12.7. The summed E-state index contributed by atoms with van der Waals surface area (Å²) < 4.78 is 0.889. The summed E-state index contributed by atoms with van der Waals surface area (Å²) in [6.07, 6.45) is 0.605. The van der Waals surface area contributed by atoms with Crippen LogP contribution in [0.15, 0.2) is 70.8 Å². The lowest BCUT2D eigenvalue weighted by Gasteiger charge is -2.33. The van der Waals surface area contributed by atoms with Gasteiger partial charge in [0, 0.05) is 22.8 Å². The van der Waals surface area contributed by atoms with Gasteiger partial charge < -0.3 is 16.0 Å². The molecule has 2 aromatic carbocycles. The lowest BCUT2D eigenvalue weighted by Crippen LogP contribution is -2.54. The van der Waals surface area contributed by atoms with E-state index in [9.17, 15) is 9.59 Å². The van der Waals surface area contributed by atoms with E-state index in [0.29, 0.717) is 17.7 Å².